The monoisotopic (exact) mass is 438 g/mol. The third-order valence-electron chi connectivity index (χ3n) is 6.74. The van der Waals surface area contributed by atoms with Gasteiger partial charge in [-0.05, 0) is 44.6 Å². The minimum Gasteiger partial charge on any atom is -0.481 e. The van der Waals surface area contributed by atoms with Gasteiger partial charge in [-0.25, -0.2) is 4.79 Å². The van der Waals surface area contributed by atoms with Crippen LogP contribution in [-0.2, 0) is 9.53 Å². The summed E-state index contributed by atoms with van der Waals surface area (Å²) in [7, 11) is 0. The number of carbonyl (C=O) groups is 2. The smallest absolute Gasteiger partial charge is 0.410 e. The Labute approximate surface area is 184 Å². The lowest BCUT2D eigenvalue weighted by Gasteiger charge is -2.35. The van der Waals surface area contributed by atoms with Crippen LogP contribution in [0.25, 0.3) is 0 Å². The Bertz CT molecular complexity index is 617. The van der Waals surface area contributed by atoms with Crippen molar-refractivity contribution in [2.75, 3.05) is 65.4 Å². The molecule has 3 saturated heterocycles. The number of hydrogen-bond acceptors (Lipinski definition) is 6. The number of carboxylic acid groups (broad SMARTS) is 1. The number of nitrogens with two attached hydrogens (primary N) is 1. The van der Waals surface area contributed by atoms with Crippen LogP contribution in [0, 0.1) is 11.3 Å². The molecule has 0 radical (unpaired) electrons. The van der Waals surface area contributed by atoms with Gasteiger partial charge in [-0.2, -0.15) is 0 Å². The van der Waals surface area contributed by atoms with E-state index in [0.29, 0.717) is 18.9 Å². The molecule has 0 saturated carbocycles. The minimum absolute atomic E-state index is 0.0649. The van der Waals surface area contributed by atoms with Gasteiger partial charge in [-0.1, -0.05) is 0 Å². The first-order valence-electron chi connectivity index (χ1n) is 11.6. The molecule has 31 heavy (non-hydrogen) atoms. The van der Waals surface area contributed by atoms with E-state index in [1.165, 1.54) is 0 Å². The summed E-state index contributed by atoms with van der Waals surface area (Å²) in [5.74, 6) is 0.0883. The molecular weight excluding hydrogens is 400 g/mol. The van der Waals surface area contributed by atoms with Crippen molar-refractivity contribution in [1.29, 1.82) is 5.41 Å². The van der Waals surface area contributed by atoms with E-state index < -0.39 is 5.97 Å². The number of nitrogens with zero attached hydrogens (tertiary/aromatic N) is 4. The van der Waals surface area contributed by atoms with Crippen molar-refractivity contribution >= 4 is 18.0 Å². The highest BCUT2D eigenvalue weighted by molar-refractivity contribution is 5.74. The minimum atomic E-state index is -0.732. The zero-order chi connectivity index (χ0) is 22.2. The Morgan fingerprint density at radius 1 is 1.06 bits per heavy atom. The van der Waals surface area contributed by atoms with E-state index in [-0.39, 0.29) is 24.6 Å². The van der Waals surface area contributed by atoms with E-state index in [1.807, 2.05) is 9.80 Å². The predicted octanol–water partition coefficient (Wildman–Crippen LogP) is 0.675. The van der Waals surface area contributed by atoms with Gasteiger partial charge in [0.2, 0.25) is 0 Å². The number of piperidine rings is 1. The number of rotatable bonds is 10. The summed E-state index contributed by atoms with van der Waals surface area (Å²) < 4.78 is 5.60. The summed E-state index contributed by atoms with van der Waals surface area (Å²) in [6, 6.07) is 0. The molecule has 1 atom stereocenters. The summed E-state index contributed by atoms with van der Waals surface area (Å²) in [6.45, 7) is 8.48. The van der Waals surface area contributed by atoms with Gasteiger partial charge >= 0.3 is 12.1 Å². The summed E-state index contributed by atoms with van der Waals surface area (Å²) >= 11 is 0. The van der Waals surface area contributed by atoms with Gasteiger partial charge in [0.1, 0.15) is 6.10 Å². The number of hydrogen-bond donors (Lipinski definition) is 3. The molecule has 176 valence electrons. The molecule has 1 amide bonds. The maximum atomic E-state index is 12.2. The molecule has 0 aromatic heterocycles. The highest BCUT2D eigenvalue weighted by atomic mass is 16.6. The Morgan fingerprint density at radius 2 is 1.74 bits per heavy atom. The predicted molar refractivity (Wildman–Crippen MR) is 117 cm³/mol. The van der Waals surface area contributed by atoms with Gasteiger partial charge < -0.3 is 30.3 Å². The van der Waals surface area contributed by atoms with E-state index in [2.05, 4.69) is 9.80 Å². The highest BCUT2D eigenvalue weighted by Crippen LogP contribution is 2.23. The van der Waals surface area contributed by atoms with Crippen LogP contribution >= 0.6 is 0 Å². The van der Waals surface area contributed by atoms with Crippen LogP contribution in [0.4, 0.5) is 4.79 Å². The number of aliphatic carboxylic acids is 1. The summed E-state index contributed by atoms with van der Waals surface area (Å²) in [5, 5.41) is 16.3. The van der Waals surface area contributed by atoms with E-state index in [1.54, 1.807) is 0 Å². The van der Waals surface area contributed by atoms with Crippen molar-refractivity contribution in [3.05, 3.63) is 0 Å². The second kappa shape index (κ2) is 11.5. The molecule has 0 aromatic rings. The largest absolute Gasteiger partial charge is 0.481 e. The van der Waals surface area contributed by atoms with Crippen molar-refractivity contribution in [2.45, 2.75) is 44.6 Å². The Hall–Kier alpha value is -2.07. The molecule has 3 fully saturated rings. The Morgan fingerprint density at radius 3 is 2.39 bits per heavy atom. The Kier molecular flexibility index (Phi) is 8.77. The standard InChI is InChI=1S/C21H38N6O4/c22-20(23)26-9-5-17(6-10-26)3-1-8-27-16-18(31-21(27)30)15-25-13-11-24(12-14-25)7-2-4-19(28)29/h17-18H,1-16H2,(H3,22,23)(H,28,29). The fourth-order valence-corrected chi connectivity index (χ4v) is 4.82. The van der Waals surface area contributed by atoms with E-state index >= 15 is 0 Å². The number of guanidine groups is 1. The zero-order valence-electron chi connectivity index (χ0n) is 18.5. The molecule has 1 unspecified atom stereocenters. The maximum absolute atomic E-state index is 12.2. The van der Waals surface area contributed by atoms with Gasteiger partial charge in [-0.3, -0.25) is 15.1 Å². The number of piperazine rings is 1. The Balaban J connectivity index is 1.27. The lowest BCUT2D eigenvalue weighted by Crippen LogP contribution is -2.49. The highest BCUT2D eigenvalue weighted by Gasteiger charge is 2.33. The van der Waals surface area contributed by atoms with Crippen LogP contribution in [0.1, 0.15) is 38.5 Å². The SMILES string of the molecule is N=C(N)N1CCC(CCCN2CC(CN3CCN(CCCC(=O)O)CC3)OC2=O)CC1. The third-order valence-corrected chi connectivity index (χ3v) is 6.74. The lowest BCUT2D eigenvalue weighted by molar-refractivity contribution is -0.137. The van der Waals surface area contributed by atoms with Crippen LogP contribution < -0.4 is 5.73 Å². The van der Waals surface area contributed by atoms with Crippen LogP contribution in [0.3, 0.4) is 0 Å². The fourth-order valence-electron chi connectivity index (χ4n) is 4.82. The molecule has 3 heterocycles. The number of nitrogens with one attached hydrogen (secondary N) is 1. The number of amides is 1. The normalized spacial score (nSPS) is 23.9. The van der Waals surface area contributed by atoms with Gasteiger partial charge in [-0.15, -0.1) is 0 Å². The zero-order valence-corrected chi connectivity index (χ0v) is 18.5. The molecular formula is C21H38N6O4. The fraction of sp³-hybridized carbons (Fsp3) is 0.857. The topological polar surface area (TPSA) is 126 Å². The van der Waals surface area contributed by atoms with Crippen LogP contribution in [0.5, 0.6) is 0 Å². The molecule has 0 aliphatic carbocycles. The summed E-state index contributed by atoms with van der Waals surface area (Å²) in [4.78, 5) is 31.3. The van der Waals surface area contributed by atoms with Crippen molar-refractivity contribution < 1.29 is 19.4 Å². The van der Waals surface area contributed by atoms with Gasteiger partial charge in [0.05, 0.1) is 6.54 Å². The summed E-state index contributed by atoms with van der Waals surface area (Å²) in [6.07, 6.45) is 4.88. The molecule has 4 N–H and O–H groups in total. The van der Waals surface area contributed by atoms with Gasteiger partial charge in [0.25, 0.3) is 0 Å². The second-order valence-corrected chi connectivity index (χ2v) is 9.05. The number of cyclic esters (lactones) is 1. The first kappa shape index (κ1) is 23.6. The van der Waals surface area contributed by atoms with Gasteiger partial charge in [0.15, 0.2) is 5.96 Å². The average molecular weight is 439 g/mol. The van der Waals surface area contributed by atoms with Crippen LogP contribution in [-0.4, -0.2) is 114 Å². The van der Waals surface area contributed by atoms with E-state index in [0.717, 1.165) is 84.6 Å². The first-order valence-corrected chi connectivity index (χ1v) is 11.6. The summed E-state index contributed by atoms with van der Waals surface area (Å²) in [5.41, 5.74) is 5.55. The molecule has 0 spiro atoms. The molecule has 10 heteroatoms. The van der Waals surface area contributed by atoms with Crippen molar-refractivity contribution in [3.8, 4) is 0 Å². The first-order chi connectivity index (χ1) is 14.9. The number of ether oxygens (including phenoxy) is 1. The average Bonchev–Trinajstić information content (AvgIpc) is 3.08. The molecule has 3 aliphatic heterocycles. The van der Waals surface area contributed by atoms with E-state index in [4.69, 9.17) is 21.0 Å². The molecule has 3 rings (SSSR count). The quantitative estimate of drug-likeness (QED) is 0.336. The molecule has 10 nitrogen and oxygen atoms in total. The lowest BCUT2D eigenvalue weighted by atomic mass is 9.92. The second-order valence-electron chi connectivity index (χ2n) is 9.05. The molecule has 3 aliphatic rings. The number of likely N-dealkylation sites (tertiary alicyclic amines) is 1. The van der Waals surface area contributed by atoms with Crippen LogP contribution in [0.15, 0.2) is 0 Å². The van der Waals surface area contributed by atoms with Crippen molar-refractivity contribution in [1.82, 2.24) is 19.6 Å². The number of carbonyl (C=O) groups excluding carboxylic acids is 1. The van der Waals surface area contributed by atoms with Crippen LogP contribution in [0.2, 0.25) is 0 Å². The van der Waals surface area contributed by atoms with Gasteiger partial charge in [0, 0.05) is 58.8 Å². The van der Waals surface area contributed by atoms with Crippen molar-refractivity contribution in [2.24, 2.45) is 11.7 Å². The molecule has 0 bridgehead atoms. The van der Waals surface area contributed by atoms with E-state index in [9.17, 15) is 9.59 Å². The maximum Gasteiger partial charge on any atom is 0.410 e. The van der Waals surface area contributed by atoms with Crippen molar-refractivity contribution in [3.63, 3.8) is 0 Å². The number of carboxylic acids is 1. The third kappa shape index (κ3) is 7.53. The molecule has 0 aromatic carbocycles.